The Morgan fingerprint density at radius 2 is 1.89 bits per heavy atom. The van der Waals surface area contributed by atoms with Crippen molar-refractivity contribution < 1.29 is 5.11 Å². The maximum Gasteiger partial charge on any atom is 0.0543 e. The molecule has 0 spiro atoms. The normalized spacial score (nSPS) is 20.4. The molecule has 102 valence electrons. The second-order valence-electron chi connectivity index (χ2n) is 5.16. The predicted molar refractivity (Wildman–Crippen MR) is 78.0 cm³/mol. The molecule has 0 fully saturated rings. The summed E-state index contributed by atoms with van der Waals surface area (Å²) in [5, 5.41) is 12.5. The van der Waals surface area contributed by atoms with E-state index in [1.165, 1.54) is 30.4 Å². The fourth-order valence-corrected chi connectivity index (χ4v) is 2.59. The van der Waals surface area contributed by atoms with Gasteiger partial charge in [-0.05, 0) is 24.6 Å². The van der Waals surface area contributed by atoms with Crippen LogP contribution in [0.15, 0.2) is 24.3 Å². The first kappa shape index (κ1) is 15.2. The van der Waals surface area contributed by atoms with Gasteiger partial charge in [0.2, 0.25) is 0 Å². The van der Waals surface area contributed by atoms with Gasteiger partial charge in [0.25, 0.3) is 0 Å². The van der Waals surface area contributed by atoms with E-state index in [2.05, 4.69) is 37.4 Å². The summed E-state index contributed by atoms with van der Waals surface area (Å²) >= 11 is 0. The van der Waals surface area contributed by atoms with Gasteiger partial charge < -0.3 is 10.4 Å². The van der Waals surface area contributed by atoms with Crippen molar-refractivity contribution in [3.63, 3.8) is 0 Å². The van der Waals surface area contributed by atoms with Gasteiger partial charge in [-0.25, -0.2) is 0 Å². The van der Waals surface area contributed by atoms with Crippen LogP contribution < -0.4 is 5.32 Å². The molecule has 1 aromatic rings. The van der Waals surface area contributed by atoms with Crippen LogP contribution in [0.5, 0.6) is 0 Å². The Hall–Kier alpha value is -0.860. The van der Waals surface area contributed by atoms with E-state index >= 15 is 0 Å². The molecule has 2 heteroatoms. The number of benzene rings is 1. The Bertz CT molecular complexity index is 349. The molecule has 1 aliphatic rings. The summed E-state index contributed by atoms with van der Waals surface area (Å²) < 4.78 is 0. The number of hydrogen-bond acceptors (Lipinski definition) is 2. The summed E-state index contributed by atoms with van der Waals surface area (Å²) in [5.74, 6) is 0. The molecule has 0 aromatic heterocycles. The molecular formula is C16H27NO. The minimum atomic E-state index is -0.00859. The highest BCUT2D eigenvalue weighted by Gasteiger charge is 2.41. The molecule has 18 heavy (non-hydrogen) atoms. The first-order chi connectivity index (χ1) is 8.74. The fourth-order valence-electron chi connectivity index (χ4n) is 2.59. The molecule has 0 saturated carbocycles. The number of hydrogen-bond donors (Lipinski definition) is 2. The molecule has 0 radical (unpaired) electrons. The smallest absolute Gasteiger partial charge is 0.0543 e. The molecule has 2 rings (SSSR count). The fraction of sp³-hybridized carbons (Fsp3) is 0.625. The van der Waals surface area contributed by atoms with Gasteiger partial charge in [0.1, 0.15) is 0 Å². The molecular weight excluding hydrogens is 222 g/mol. The number of likely N-dealkylation sites (N-methyl/N-ethyl adjacent to an activating group) is 1. The second kappa shape index (κ2) is 7.55. The number of fused-ring (bicyclic) bond motifs is 1. The van der Waals surface area contributed by atoms with Gasteiger partial charge >= 0.3 is 0 Å². The highest BCUT2D eigenvalue weighted by molar-refractivity contribution is 5.45. The summed E-state index contributed by atoms with van der Waals surface area (Å²) in [6, 6.07) is 8.35. The van der Waals surface area contributed by atoms with E-state index < -0.39 is 0 Å². The van der Waals surface area contributed by atoms with E-state index in [0.717, 1.165) is 13.0 Å². The number of aliphatic hydroxyl groups excluding tert-OH is 1. The minimum Gasteiger partial charge on any atom is -0.395 e. The summed E-state index contributed by atoms with van der Waals surface area (Å²) in [6.07, 6.45) is 5.08. The third kappa shape index (κ3) is 3.33. The van der Waals surface area contributed by atoms with Crippen molar-refractivity contribution in [2.24, 2.45) is 0 Å². The van der Waals surface area contributed by atoms with Crippen LogP contribution >= 0.6 is 0 Å². The first-order valence-corrected chi connectivity index (χ1v) is 7.08. The molecule has 0 amide bonds. The van der Waals surface area contributed by atoms with Crippen molar-refractivity contribution >= 4 is 0 Å². The largest absolute Gasteiger partial charge is 0.395 e. The lowest BCUT2D eigenvalue weighted by molar-refractivity contribution is 0.171. The number of aliphatic hydroxyl groups is 1. The highest BCUT2D eigenvalue weighted by Crippen LogP contribution is 2.40. The molecule has 0 bridgehead atoms. The molecule has 0 saturated heterocycles. The van der Waals surface area contributed by atoms with Crippen LogP contribution in [0, 0.1) is 0 Å². The average Bonchev–Trinajstić information content (AvgIpc) is 2.37. The lowest BCUT2D eigenvalue weighted by Gasteiger charge is -2.42. The number of nitrogens with one attached hydrogen (secondary N) is 1. The van der Waals surface area contributed by atoms with Crippen molar-refractivity contribution in [1.82, 2.24) is 5.32 Å². The lowest BCUT2D eigenvalue weighted by Crippen LogP contribution is -2.49. The van der Waals surface area contributed by atoms with Gasteiger partial charge in [0.15, 0.2) is 0 Å². The van der Waals surface area contributed by atoms with Crippen LogP contribution in [0.2, 0.25) is 0 Å². The van der Waals surface area contributed by atoms with E-state index in [1.54, 1.807) is 0 Å². The molecule has 1 aliphatic carbocycles. The molecule has 1 atom stereocenters. The van der Waals surface area contributed by atoms with Gasteiger partial charge in [-0.1, -0.05) is 57.4 Å². The SMILES string of the molecule is CCCCC.CNCC1(CO)Cc2ccccc21. The second-order valence-corrected chi connectivity index (χ2v) is 5.16. The van der Waals surface area contributed by atoms with Gasteiger partial charge in [-0.3, -0.25) is 0 Å². The van der Waals surface area contributed by atoms with E-state index in [1.807, 2.05) is 13.1 Å². The monoisotopic (exact) mass is 249 g/mol. The van der Waals surface area contributed by atoms with Crippen molar-refractivity contribution in [3.05, 3.63) is 35.4 Å². The van der Waals surface area contributed by atoms with Crippen molar-refractivity contribution in [1.29, 1.82) is 0 Å². The first-order valence-electron chi connectivity index (χ1n) is 7.08. The Kier molecular flexibility index (Phi) is 6.37. The van der Waals surface area contributed by atoms with E-state index in [4.69, 9.17) is 0 Å². The zero-order valence-corrected chi connectivity index (χ0v) is 12.0. The summed E-state index contributed by atoms with van der Waals surface area (Å²) in [5.41, 5.74) is 2.68. The Morgan fingerprint density at radius 3 is 2.33 bits per heavy atom. The Balaban J connectivity index is 0.000000280. The van der Waals surface area contributed by atoms with E-state index in [-0.39, 0.29) is 12.0 Å². The van der Waals surface area contributed by atoms with Gasteiger partial charge in [-0.15, -0.1) is 0 Å². The summed E-state index contributed by atoms with van der Waals surface area (Å²) in [6.45, 7) is 5.53. The third-order valence-corrected chi connectivity index (χ3v) is 3.64. The van der Waals surface area contributed by atoms with Gasteiger partial charge in [0, 0.05) is 12.0 Å². The summed E-state index contributed by atoms with van der Waals surface area (Å²) in [4.78, 5) is 0. The van der Waals surface area contributed by atoms with Crippen LogP contribution in [0.3, 0.4) is 0 Å². The Labute approximate surface area is 111 Å². The number of rotatable bonds is 5. The maximum absolute atomic E-state index is 9.37. The molecule has 0 heterocycles. The summed E-state index contributed by atoms with van der Waals surface area (Å²) in [7, 11) is 1.93. The van der Waals surface area contributed by atoms with Crippen LogP contribution in [0.25, 0.3) is 0 Å². The zero-order chi connectivity index (χ0) is 13.4. The van der Waals surface area contributed by atoms with Crippen molar-refractivity contribution in [2.45, 2.75) is 44.9 Å². The van der Waals surface area contributed by atoms with Crippen LogP contribution in [0.4, 0.5) is 0 Å². The minimum absolute atomic E-state index is 0.00859. The van der Waals surface area contributed by atoms with Crippen LogP contribution in [-0.2, 0) is 11.8 Å². The van der Waals surface area contributed by atoms with Gasteiger partial charge in [-0.2, -0.15) is 0 Å². The maximum atomic E-state index is 9.37. The topological polar surface area (TPSA) is 32.3 Å². The van der Waals surface area contributed by atoms with Crippen LogP contribution in [-0.4, -0.2) is 25.3 Å². The lowest BCUT2D eigenvalue weighted by atomic mass is 9.64. The van der Waals surface area contributed by atoms with Crippen molar-refractivity contribution in [2.75, 3.05) is 20.2 Å². The third-order valence-electron chi connectivity index (χ3n) is 3.64. The van der Waals surface area contributed by atoms with Crippen molar-refractivity contribution in [3.8, 4) is 0 Å². The quantitative estimate of drug-likeness (QED) is 0.841. The van der Waals surface area contributed by atoms with Gasteiger partial charge in [0.05, 0.1) is 6.61 Å². The van der Waals surface area contributed by atoms with E-state index in [0.29, 0.717) is 0 Å². The molecule has 2 nitrogen and oxygen atoms in total. The number of unbranched alkanes of at least 4 members (excludes halogenated alkanes) is 2. The van der Waals surface area contributed by atoms with E-state index in [9.17, 15) is 5.11 Å². The molecule has 2 N–H and O–H groups in total. The standard InChI is InChI=1S/C11H15NO.C5H12/c1-12-7-11(8-13)6-9-4-2-3-5-10(9)11;1-3-5-4-2/h2-5,12-13H,6-8H2,1H3;3-5H2,1-2H3. The molecule has 1 unspecified atom stereocenters. The molecule has 1 aromatic carbocycles. The predicted octanol–water partition coefficient (Wildman–Crippen LogP) is 2.89. The Morgan fingerprint density at radius 1 is 1.22 bits per heavy atom. The average molecular weight is 249 g/mol. The van der Waals surface area contributed by atoms with Crippen LogP contribution in [0.1, 0.15) is 44.2 Å². The highest BCUT2D eigenvalue weighted by atomic mass is 16.3. The zero-order valence-electron chi connectivity index (χ0n) is 12.0. The molecule has 0 aliphatic heterocycles.